The fourth-order valence-corrected chi connectivity index (χ4v) is 5.14. The van der Waals surface area contributed by atoms with E-state index in [0.717, 1.165) is 24.7 Å². The van der Waals surface area contributed by atoms with Crippen LogP contribution in [-0.4, -0.2) is 41.9 Å². The van der Waals surface area contributed by atoms with E-state index in [-0.39, 0.29) is 42.4 Å². The van der Waals surface area contributed by atoms with E-state index < -0.39 is 11.5 Å². The van der Waals surface area contributed by atoms with E-state index >= 15 is 0 Å². The van der Waals surface area contributed by atoms with Crippen molar-refractivity contribution in [2.75, 3.05) is 0 Å². The van der Waals surface area contributed by atoms with Crippen LogP contribution in [0.5, 0.6) is 0 Å². The van der Waals surface area contributed by atoms with E-state index in [9.17, 15) is 9.59 Å². The summed E-state index contributed by atoms with van der Waals surface area (Å²) in [5.41, 5.74) is -0.889. The Hall–Kier alpha value is -2.06. The molecule has 0 radical (unpaired) electrons. The van der Waals surface area contributed by atoms with Crippen LogP contribution in [0.2, 0.25) is 6.32 Å². The van der Waals surface area contributed by atoms with E-state index in [1.54, 1.807) is 0 Å². The fraction of sp³-hybridized carbons (Fsp3) is 0.714. The molecule has 0 bridgehead atoms. The summed E-state index contributed by atoms with van der Waals surface area (Å²) < 4.78 is 17.8. The maximum absolute atomic E-state index is 13.5. The van der Waals surface area contributed by atoms with Crippen LogP contribution < -0.4 is 10.6 Å². The largest absolute Gasteiger partial charge is 0.457 e. The number of carbonyl (C=O) groups excluding carboxylic acids is 2. The minimum Gasteiger partial charge on any atom is -0.445 e. The molecule has 0 aromatic heterocycles. The topological polar surface area (TPSA) is 85.9 Å². The number of amides is 2. The van der Waals surface area contributed by atoms with Crippen LogP contribution >= 0.6 is 0 Å². The molecule has 1 saturated heterocycles. The zero-order valence-electron chi connectivity index (χ0n) is 23.4. The van der Waals surface area contributed by atoms with Crippen molar-refractivity contribution in [3.8, 4) is 0 Å². The number of alkyl carbamates (subject to hydrolysis) is 1. The second-order valence-corrected chi connectivity index (χ2v) is 12.8. The molecule has 7 nitrogen and oxygen atoms in total. The van der Waals surface area contributed by atoms with Gasteiger partial charge in [-0.2, -0.15) is 0 Å². The smallest absolute Gasteiger partial charge is 0.445 e. The zero-order valence-corrected chi connectivity index (χ0v) is 23.4. The Labute approximate surface area is 217 Å². The summed E-state index contributed by atoms with van der Waals surface area (Å²) in [5.74, 6) is 0.293. The van der Waals surface area contributed by atoms with Crippen molar-refractivity contribution in [2.24, 2.45) is 11.3 Å². The predicted octanol–water partition coefficient (Wildman–Crippen LogP) is 5.48. The predicted molar refractivity (Wildman–Crippen MR) is 142 cm³/mol. The number of nitrogens with one attached hydrogen (secondary N) is 2. The Kier molecular flexibility index (Phi) is 8.51. The lowest BCUT2D eigenvalue weighted by Gasteiger charge is -2.44. The second-order valence-electron chi connectivity index (χ2n) is 12.8. The summed E-state index contributed by atoms with van der Waals surface area (Å²) in [5, 5.41) is 6.16. The van der Waals surface area contributed by atoms with Crippen molar-refractivity contribution in [3.63, 3.8) is 0 Å². The third-order valence-electron chi connectivity index (χ3n) is 7.97. The molecule has 1 aromatic carbocycles. The molecule has 1 heterocycles. The molecule has 1 saturated carbocycles. The van der Waals surface area contributed by atoms with Gasteiger partial charge < -0.3 is 24.7 Å². The summed E-state index contributed by atoms with van der Waals surface area (Å²) in [6.07, 6.45) is 3.50. The van der Waals surface area contributed by atoms with Crippen LogP contribution in [0.15, 0.2) is 30.3 Å². The number of carbonyl (C=O) groups is 2. The fourth-order valence-electron chi connectivity index (χ4n) is 5.14. The van der Waals surface area contributed by atoms with Gasteiger partial charge in [0.05, 0.1) is 16.6 Å². The first kappa shape index (κ1) is 28.5. The van der Waals surface area contributed by atoms with Crippen molar-refractivity contribution in [2.45, 2.75) is 117 Å². The van der Waals surface area contributed by atoms with Crippen LogP contribution in [0, 0.1) is 11.3 Å². The van der Waals surface area contributed by atoms with Crippen LogP contribution in [0.1, 0.15) is 86.6 Å². The molecular formula is C28H45BN2O5. The van der Waals surface area contributed by atoms with Gasteiger partial charge in [-0.1, -0.05) is 36.8 Å². The number of hydrogen-bond acceptors (Lipinski definition) is 5. The Morgan fingerprint density at radius 3 is 2.22 bits per heavy atom. The lowest BCUT2D eigenvalue weighted by Crippen LogP contribution is -2.59. The van der Waals surface area contributed by atoms with E-state index in [1.165, 1.54) is 0 Å². The summed E-state index contributed by atoms with van der Waals surface area (Å²) >= 11 is 0. The molecule has 3 rings (SSSR count). The van der Waals surface area contributed by atoms with Gasteiger partial charge >= 0.3 is 13.2 Å². The van der Waals surface area contributed by atoms with Gasteiger partial charge in [-0.3, -0.25) is 4.79 Å². The highest BCUT2D eigenvalue weighted by atomic mass is 16.7. The van der Waals surface area contributed by atoms with Crippen molar-refractivity contribution in [1.82, 2.24) is 10.6 Å². The molecule has 3 atom stereocenters. The Bertz CT molecular complexity index is 898. The van der Waals surface area contributed by atoms with Crippen molar-refractivity contribution < 1.29 is 23.6 Å². The summed E-state index contributed by atoms with van der Waals surface area (Å²) in [6.45, 7) is 16.3. The third-order valence-corrected chi connectivity index (χ3v) is 7.97. The van der Waals surface area contributed by atoms with Gasteiger partial charge in [0.1, 0.15) is 6.61 Å². The first-order valence-corrected chi connectivity index (χ1v) is 13.3. The van der Waals surface area contributed by atoms with Crippen molar-refractivity contribution in [3.05, 3.63) is 35.9 Å². The van der Waals surface area contributed by atoms with Gasteiger partial charge in [-0.25, -0.2) is 4.79 Å². The molecule has 2 N–H and O–H groups in total. The first-order chi connectivity index (χ1) is 16.6. The lowest BCUT2D eigenvalue weighted by atomic mass is 9.64. The highest BCUT2D eigenvalue weighted by Crippen LogP contribution is 2.44. The van der Waals surface area contributed by atoms with Crippen LogP contribution in [0.4, 0.5) is 4.79 Å². The monoisotopic (exact) mass is 500 g/mol. The number of rotatable bonds is 7. The minimum atomic E-state index is -0.752. The standard InChI is InChI=1S/C28H45BN2O5/c1-25(2,3)31-23(32)28(8)18-20(16-17-29-35-26(4,5)27(6,7)36-29)14-15-22(28)30-24(33)34-19-21-12-10-9-11-13-21/h9-13,20,22H,14-19H2,1-8H3,(H,30,33)(H,31,32). The summed E-state index contributed by atoms with van der Waals surface area (Å²) in [4.78, 5) is 26.2. The molecule has 2 aliphatic rings. The quantitative estimate of drug-likeness (QED) is 0.484. The van der Waals surface area contributed by atoms with Gasteiger partial charge in [0.15, 0.2) is 0 Å². The van der Waals surface area contributed by atoms with E-state index in [0.29, 0.717) is 18.8 Å². The van der Waals surface area contributed by atoms with Gasteiger partial charge in [-0.15, -0.1) is 0 Å². The number of benzene rings is 1. The zero-order chi connectivity index (χ0) is 26.8. The highest BCUT2D eigenvalue weighted by molar-refractivity contribution is 6.45. The van der Waals surface area contributed by atoms with Gasteiger partial charge in [0, 0.05) is 11.6 Å². The molecule has 2 fully saturated rings. The number of ether oxygens (including phenoxy) is 1. The number of hydrogen-bond donors (Lipinski definition) is 2. The van der Waals surface area contributed by atoms with Crippen LogP contribution in [0.3, 0.4) is 0 Å². The van der Waals surface area contributed by atoms with Gasteiger partial charge in [-0.05, 0) is 92.5 Å². The Balaban J connectivity index is 1.64. The molecule has 200 valence electrons. The highest BCUT2D eigenvalue weighted by Gasteiger charge is 2.52. The first-order valence-electron chi connectivity index (χ1n) is 13.3. The van der Waals surface area contributed by atoms with Gasteiger partial charge in [0.2, 0.25) is 5.91 Å². The molecular weight excluding hydrogens is 455 g/mol. The summed E-state index contributed by atoms with van der Waals surface area (Å²) in [7, 11) is -0.242. The Morgan fingerprint density at radius 2 is 1.64 bits per heavy atom. The lowest BCUT2D eigenvalue weighted by molar-refractivity contribution is -0.136. The van der Waals surface area contributed by atoms with E-state index in [2.05, 4.69) is 38.3 Å². The summed E-state index contributed by atoms with van der Waals surface area (Å²) in [6, 6.07) is 9.27. The maximum Gasteiger partial charge on any atom is 0.457 e. The SMILES string of the molecule is CC(C)(C)NC(=O)C1(C)CC(CCB2OC(C)(C)C(C)(C)O2)CCC1NC(=O)OCc1ccccc1. The molecule has 2 amide bonds. The third kappa shape index (κ3) is 7.03. The molecule has 8 heteroatoms. The van der Waals surface area contributed by atoms with Crippen LogP contribution in [0.25, 0.3) is 0 Å². The second kappa shape index (κ2) is 10.7. The molecule has 36 heavy (non-hydrogen) atoms. The molecule has 1 aliphatic carbocycles. The minimum absolute atomic E-state index is 0.0382. The maximum atomic E-state index is 13.5. The molecule has 1 aromatic rings. The molecule has 0 spiro atoms. The van der Waals surface area contributed by atoms with E-state index in [1.807, 2.05) is 58.0 Å². The average Bonchev–Trinajstić information content (AvgIpc) is 2.98. The van der Waals surface area contributed by atoms with Crippen molar-refractivity contribution >= 4 is 19.1 Å². The average molecular weight is 500 g/mol. The van der Waals surface area contributed by atoms with Crippen LogP contribution in [-0.2, 0) is 25.4 Å². The molecule has 3 unspecified atom stereocenters. The molecule has 1 aliphatic heterocycles. The van der Waals surface area contributed by atoms with Gasteiger partial charge in [0.25, 0.3) is 0 Å². The van der Waals surface area contributed by atoms with Crippen molar-refractivity contribution in [1.29, 1.82) is 0 Å². The Morgan fingerprint density at radius 1 is 1.03 bits per heavy atom. The van der Waals surface area contributed by atoms with E-state index in [4.69, 9.17) is 14.0 Å². The normalized spacial score (nSPS) is 27.4.